The van der Waals surface area contributed by atoms with E-state index in [1.54, 1.807) is 34.6 Å². The van der Waals surface area contributed by atoms with Gasteiger partial charge in [-0.1, -0.05) is 6.07 Å². The van der Waals surface area contributed by atoms with Crippen molar-refractivity contribution in [3.8, 4) is 10.6 Å². The molecule has 0 radical (unpaired) electrons. The van der Waals surface area contributed by atoms with Crippen LogP contribution in [0.15, 0.2) is 46.8 Å². The van der Waals surface area contributed by atoms with E-state index in [1.807, 2.05) is 24.4 Å². The Kier molecular flexibility index (Phi) is 3.48. The summed E-state index contributed by atoms with van der Waals surface area (Å²) in [6, 6.07) is 7.43. The number of pyridine rings is 1. The standard InChI is InChI=1S/C19H15N5O2S/c1-11-16(15-5-3-7-27-15)22-24-17(11)21-14-10-23(9-13(14)19(24)26)18(25)12-4-2-6-20-8-12/h2-8,22H,9-10H2,1H3. The molecule has 1 amide bonds. The van der Waals surface area contributed by atoms with Gasteiger partial charge in [0.05, 0.1) is 40.5 Å². The summed E-state index contributed by atoms with van der Waals surface area (Å²) >= 11 is 1.61. The molecule has 0 bridgehead atoms. The molecule has 27 heavy (non-hydrogen) atoms. The monoisotopic (exact) mass is 377 g/mol. The molecule has 8 heteroatoms. The molecule has 0 spiro atoms. The lowest BCUT2D eigenvalue weighted by atomic mass is 10.2. The second kappa shape index (κ2) is 5.88. The van der Waals surface area contributed by atoms with Crippen LogP contribution in [0.3, 0.4) is 0 Å². The molecule has 0 fully saturated rings. The van der Waals surface area contributed by atoms with E-state index >= 15 is 0 Å². The Labute approximate surface area is 157 Å². The SMILES string of the molecule is Cc1c(-c2cccs2)[nH]n2c(=O)c3c(nc12)CN(C(=O)c1cccnc1)C3. The van der Waals surface area contributed by atoms with E-state index in [2.05, 4.69) is 10.1 Å². The number of carbonyl (C=O) groups excluding carboxylic acids is 1. The van der Waals surface area contributed by atoms with Crippen LogP contribution in [0.2, 0.25) is 0 Å². The molecule has 0 saturated carbocycles. The zero-order valence-electron chi connectivity index (χ0n) is 14.5. The molecule has 7 nitrogen and oxygen atoms in total. The Morgan fingerprint density at radius 3 is 2.89 bits per heavy atom. The topological polar surface area (TPSA) is 83.4 Å². The first-order valence-corrected chi connectivity index (χ1v) is 9.37. The van der Waals surface area contributed by atoms with Gasteiger partial charge in [0.1, 0.15) is 0 Å². The van der Waals surface area contributed by atoms with Gasteiger partial charge in [0.25, 0.3) is 11.5 Å². The van der Waals surface area contributed by atoms with Crippen LogP contribution >= 0.6 is 11.3 Å². The molecule has 4 aromatic heterocycles. The number of aryl methyl sites for hydroxylation is 1. The largest absolute Gasteiger partial charge is 0.328 e. The normalized spacial score (nSPS) is 13.3. The number of thiophene rings is 1. The van der Waals surface area contributed by atoms with Crippen LogP contribution in [0.4, 0.5) is 0 Å². The van der Waals surface area contributed by atoms with Crippen LogP contribution in [-0.4, -0.2) is 30.4 Å². The van der Waals surface area contributed by atoms with Gasteiger partial charge in [-0.3, -0.25) is 19.7 Å². The lowest BCUT2D eigenvalue weighted by Gasteiger charge is -2.14. The molecule has 0 aromatic carbocycles. The van der Waals surface area contributed by atoms with Crippen molar-refractivity contribution in [1.29, 1.82) is 0 Å². The highest BCUT2D eigenvalue weighted by atomic mass is 32.1. The maximum Gasteiger partial charge on any atom is 0.278 e. The minimum Gasteiger partial charge on any atom is -0.328 e. The summed E-state index contributed by atoms with van der Waals surface area (Å²) in [6.07, 6.45) is 3.16. The van der Waals surface area contributed by atoms with Gasteiger partial charge >= 0.3 is 0 Å². The van der Waals surface area contributed by atoms with Crippen molar-refractivity contribution in [2.24, 2.45) is 0 Å². The van der Waals surface area contributed by atoms with Crippen molar-refractivity contribution in [1.82, 2.24) is 24.5 Å². The van der Waals surface area contributed by atoms with E-state index in [-0.39, 0.29) is 18.0 Å². The summed E-state index contributed by atoms with van der Waals surface area (Å²) in [7, 11) is 0. The predicted octanol–water partition coefficient (Wildman–Crippen LogP) is 2.61. The van der Waals surface area contributed by atoms with Crippen LogP contribution in [0, 0.1) is 6.92 Å². The van der Waals surface area contributed by atoms with E-state index < -0.39 is 0 Å². The van der Waals surface area contributed by atoms with E-state index in [0.717, 1.165) is 16.1 Å². The number of nitrogens with one attached hydrogen (secondary N) is 1. The number of hydrogen-bond acceptors (Lipinski definition) is 5. The number of carbonyl (C=O) groups is 1. The lowest BCUT2D eigenvalue weighted by molar-refractivity contribution is 0.0750. The van der Waals surface area contributed by atoms with Crippen molar-refractivity contribution in [2.75, 3.05) is 0 Å². The van der Waals surface area contributed by atoms with Crippen LogP contribution in [0.5, 0.6) is 0 Å². The highest BCUT2D eigenvalue weighted by molar-refractivity contribution is 7.13. The maximum atomic E-state index is 13.0. The summed E-state index contributed by atoms with van der Waals surface area (Å²) in [5, 5.41) is 5.18. The van der Waals surface area contributed by atoms with Gasteiger partial charge in [0.15, 0.2) is 5.65 Å². The maximum absolute atomic E-state index is 13.0. The Bertz CT molecular complexity index is 1220. The number of amides is 1. The summed E-state index contributed by atoms with van der Waals surface area (Å²) < 4.78 is 1.49. The molecular weight excluding hydrogens is 362 g/mol. The first kappa shape index (κ1) is 16.0. The van der Waals surface area contributed by atoms with Crippen molar-refractivity contribution in [2.45, 2.75) is 20.0 Å². The molecule has 4 aromatic rings. The molecule has 1 aliphatic heterocycles. The molecule has 0 aliphatic carbocycles. The van der Waals surface area contributed by atoms with Gasteiger partial charge in [0, 0.05) is 18.0 Å². The smallest absolute Gasteiger partial charge is 0.278 e. The third-order valence-corrected chi connectivity index (χ3v) is 5.74. The molecule has 134 valence electrons. The molecule has 0 unspecified atom stereocenters. The zero-order chi connectivity index (χ0) is 18.5. The fourth-order valence-corrected chi connectivity index (χ4v) is 4.23. The fourth-order valence-electron chi connectivity index (χ4n) is 3.46. The number of nitrogens with zero attached hydrogens (tertiary/aromatic N) is 4. The van der Waals surface area contributed by atoms with E-state index in [4.69, 9.17) is 4.98 Å². The zero-order valence-corrected chi connectivity index (χ0v) is 15.3. The van der Waals surface area contributed by atoms with Crippen LogP contribution in [-0.2, 0) is 13.1 Å². The molecule has 0 atom stereocenters. The molecule has 1 N–H and O–H groups in total. The van der Waals surface area contributed by atoms with Crippen LogP contribution in [0.1, 0.15) is 27.2 Å². The number of rotatable bonds is 2. The second-order valence-corrected chi connectivity index (χ2v) is 7.44. The molecular formula is C19H15N5O2S. The summed E-state index contributed by atoms with van der Waals surface area (Å²) in [5.41, 5.74) is 4.02. The van der Waals surface area contributed by atoms with E-state index in [9.17, 15) is 9.59 Å². The lowest BCUT2D eigenvalue weighted by Crippen LogP contribution is -2.26. The minimum absolute atomic E-state index is 0.148. The van der Waals surface area contributed by atoms with Crippen molar-refractivity contribution in [3.63, 3.8) is 0 Å². The summed E-state index contributed by atoms with van der Waals surface area (Å²) in [5.74, 6) is -0.148. The highest BCUT2D eigenvalue weighted by Gasteiger charge is 2.29. The quantitative estimate of drug-likeness (QED) is 0.582. The van der Waals surface area contributed by atoms with Crippen LogP contribution in [0.25, 0.3) is 16.2 Å². The van der Waals surface area contributed by atoms with Crippen molar-refractivity contribution in [3.05, 3.63) is 74.8 Å². The second-order valence-electron chi connectivity index (χ2n) is 6.49. The molecule has 0 saturated heterocycles. The van der Waals surface area contributed by atoms with Crippen molar-refractivity contribution < 1.29 is 4.79 Å². The molecule has 5 heterocycles. The van der Waals surface area contributed by atoms with Gasteiger partial charge in [-0.15, -0.1) is 11.3 Å². The highest BCUT2D eigenvalue weighted by Crippen LogP contribution is 2.29. The number of aromatic amines is 1. The Balaban J connectivity index is 1.57. The number of aromatic nitrogens is 4. The summed E-state index contributed by atoms with van der Waals surface area (Å²) in [4.78, 5) is 37.1. The fraction of sp³-hybridized carbons (Fsp3) is 0.158. The van der Waals surface area contributed by atoms with Gasteiger partial charge < -0.3 is 4.90 Å². The van der Waals surface area contributed by atoms with Gasteiger partial charge in [-0.05, 0) is 30.5 Å². The predicted molar refractivity (Wildman–Crippen MR) is 102 cm³/mol. The Morgan fingerprint density at radius 2 is 2.15 bits per heavy atom. The first-order valence-electron chi connectivity index (χ1n) is 8.50. The molecule has 1 aliphatic rings. The Morgan fingerprint density at radius 1 is 1.26 bits per heavy atom. The minimum atomic E-state index is -0.151. The third-order valence-electron chi connectivity index (χ3n) is 4.85. The first-order chi connectivity index (χ1) is 13.1. The Hall–Kier alpha value is -3.26. The number of hydrogen-bond donors (Lipinski definition) is 1. The third kappa shape index (κ3) is 2.41. The average molecular weight is 377 g/mol. The number of fused-ring (bicyclic) bond motifs is 2. The van der Waals surface area contributed by atoms with Crippen molar-refractivity contribution >= 4 is 22.9 Å². The van der Waals surface area contributed by atoms with Gasteiger partial charge in [0.2, 0.25) is 0 Å². The number of H-pyrrole nitrogens is 1. The van der Waals surface area contributed by atoms with E-state index in [0.29, 0.717) is 29.0 Å². The summed E-state index contributed by atoms with van der Waals surface area (Å²) in [6.45, 7) is 2.53. The van der Waals surface area contributed by atoms with Gasteiger partial charge in [-0.2, -0.15) is 0 Å². The molecule has 5 rings (SSSR count). The van der Waals surface area contributed by atoms with Crippen LogP contribution < -0.4 is 5.56 Å². The van der Waals surface area contributed by atoms with Gasteiger partial charge in [-0.25, -0.2) is 9.50 Å². The average Bonchev–Trinajstić information content (AvgIpc) is 3.42. The van der Waals surface area contributed by atoms with E-state index in [1.165, 1.54) is 10.7 Å².